The van der Waals surface area contributed by atoms with Gasteiger partial charge in [-0.3, -0.25) is 23.5 Å². The molecule has 0 aliphatic heterocycles. The number of para-hydroxylation sites is 1. The minimum atomic E-state index is -0.766. The van der Waals surface area contributed by atoms with Gasteiger partial charge < -0.3 is 9.72 Å². The highest BCUT2D eigenvalue weighted by molar-refractivity contribution is 6.05. The van der Waals surface area contributed by atoms with Crippen molar-refractivity contribution in [1.82, 2.24) is 19.5 Å². The summed E-state index contributed by atoms with van der Waals surface area (Å²) in [5.41, 5.74) is 0.724. The van der Waals surface area contributed by atoms with E-state index in [9.17, 15) is 19.2 Å². The summed E-state index contributed by atoms with van der Waals surface area (Å²) >= 11 is 0. The Morgan fingerprint density at radius 1 is 1.18 bits per heavy atom. The predicted molar refractivity (Wildman–Crippen MR) is 103 cm³/mol. The number of H-pyrrole nitrogens is 1. The molecule has 0 saturated carbocycles. The first kappa shape index (κ1) is 18.8. The maximum absolute atomic E-state index is 12.6. The lowest BCUT2D eigenvalue weighted by Crippen LogP contribution is -2.39. The van der Waals surface area contributed by atoms with E-state index < -0.39 is 22.7 Å². The van der Waals surface area contributed by atoms with Crippen LogP contribution in [0.1, 0.15) is 15.9 Å². The molecular weight excluding hydrogens is 366 g/mol. The van der Waals surface area contributed by atoms with Crippen LogP contribution in [0.5, 0.6) is 5.75 Å². The van der Waals surface area contributed by atoms with Gasteiger partial charge >= 0.3 is 5.69 Å². The van der Waals surface area contributed by atoms with Crippen molar-refractivity contribution in [3.63, 3.8) is 0 Å². The van der Waals surface area contributed by atoms with Crippen LogP contribution in [-0.4, -0.2) is 33.3 Å². The Labute approximate surface area is 157 Å². The molecule has 0 aliphatic carbocycles. The van der Waals surface area contributed by atoms with E-state index in [0.29, 0.717) is 11.3 Å². The summed E-state index contributed by atoms with van der Waals surface area (Å²) in [6, 6.07) is 8.03. The van der Waals surface area contributed by atoms with Gasteiger partial charge in [0.25, 0.3) is 11.5 Å². The fourth-order valence-corrected chi connectivity index (χ4v) is 2.76. The number of nitrogens with one attached hydrogen (secondary N) is 2. The number of carbonyl (C=O) groups is 1. The van der Waals surface area contributed by atoms with Gasteiger partial charge in [0.05, 0.1) is 24.3 Å². The summed E-state index contributed by atoms with van der Waals surface area (Å²) in [5, 5.41) is 3.77. The molecule has 10 heteroatoms. The number of carbonyl (C=O) groups excluding carboxylic acids is 1. The highest BCUT2D eigenvalue weighted by Crippen LogP contribution is 2.14. The van der Waals surface area contributed by atoms with Crippen molar-refractivity contribution in [2.75, 3.05) is 7.11 Å². The van der Waals surface area contributed by atoms with Crippen molar-refractivity contribution in [3.8, 4) is 5.75 Å². The third kappa shape index (κ3) is 3.22. The number of fused-ring (bicyclic) bond motifs is 1. The molecule has 0 bridgehead atoms. The second-order valence-electron chi connectivity index (χ2n) is 5.92. The summed E-state index contributed by atoms with van der Waals surface area (Å²) in [4.78, 5) is 51.5. The number of aromatic amines is 1. The van der Waals surface area contributed by atoms with Gasteiger partial charge in [0.1, 0.15) is 11.4 Å². The van der Waals surface area contributed by atoms with Crippen molar-refractivity contribution >= 4 is 23.2 Å². The van der Waals surface area contributed by atoms with Crippen LogP contribution >= 0.6 is 0 Å². The van der Waals surface area contributed by atoms with Crippen molar-refractivity contribution in [2.24, 2.45) is 19.2 Å². The number of hydrazone groups is 1. The van der Waals surface area contributed by atoms with E-state index in [1.165, 1.54) is 27.4 Å². The molecule has 0 radical (unpaired) electrons. The number of methoxy groups -OCH3 is 1. The number of ether oxygens (including phenoxy) is 1. The molecule has 0 spiro atoms. The monoisotopic (exact) mass is 383 g/mol. The molecule has 0 aliphatic rings. The highest BCUT2D eigenvalue weighted by atomic mass is 16.5. The van der Waals surface area contributed by atoms with E-state index in [4.69, 9.17) is 4.74 Å². The smallest absolute Gasteiger partial charge is 0.332 e. The Kier molecular flexibility index (Phi) is 4.94. The Bertz CT molecular complexity index is 1280. The molecule has 2 aromatic heterocycles. The van der Waals surface area contributed by atoms with Gasteiger partial charge in [0.2, 0.25) is 5.56 Å². The lowest BCUT2D eigenvalue weighted by molar-refractivity contribution is 0.0956. The first-order valence-electron chi connectivity index (χ1n) is 8.14. The quantitative estimate of drug-likeness (QED) is 0.472. The second kappa shape index (κ2) is 7.35. The molecule has 10 nitrogen and oxygen atoms in total. The number of benzene rings is 1. The molecule has 0 fully saturated rings. The van der Waals surface area contributed by atoms with E-state index in [1.807, 2.05) is 0 Å². The zero-order chi connectivity index (χ0) is 20.4. The molecule has 0 atom stereocenters. The van der Waals surface area contributed by atoms with Crippen LogP contribution in [0.3, 0.4) is 0 Å². The Morgan fingerprint density at radius 3 is 2.61 bits per heavy atom. The van der Waals surface area contributed by atoms with Crippen LogP contribution < -0.4 is 27.0 Å². The average molecular weight is 383 g/mol. The topological polar surface area (TPSA) is 128 Å². The van der Waals surface area contributed by atoms with Crippen LogP contribution in [0, 0.1) is 0 Å². The molecule has 144 valence electrons. The van der Waals surface area contributed by atoms with Gasteiger partial charge in [-0.25, -0.2) is 10.2 Å². The number of hydrogen-bond acceptors (Lipinski definition) is 6. The van der Waals surface area contributed by atoms with Gasteiger partial charge in [-0.2, -0.15) is 5.10 Å². The van der Waals surface area contributed by atoms with Gasteiger partial charge in [0.15, 0.2) is 0 Å². The predicted octanol–water partition coefficient (Wildman–Crippen LogP) is -0.302. The number of rotatable bonds is 4. The first-order chi connectivity index (χ1) is 13.3. The van der Waals surface area contributed by atoms with Crippen LogP contribution in [0.15, 0.2) is 49.8 Å². The molecule has 3 rings (SSSR count). The molecule has 2 N–H and O–H groups in total. The summed E-state index contributed by atoms with van der Waals surface area (Å²) in [5.74, 6) is -0.205. The highest BCUT2D eigenvalue weighted by Gasteiger charge is 2.18. The third-order valence-corrected chi connectivity index (χ3v) is 4.20. The molecule has 3 aromatic rings. The number of hydrogen-bond donors (Lipinski definition) is 2. The average Bonchev–Trinajstić information content (AvgIpc) is 2.70. The van der Waals surface area contributed by atoms with Crippen molar-refractivity contribution in [2.45, 2.75) is 0 Å². The zero-order valence-electron chi connectivity index (χ0n) is 15.3. The molecule has 1 amide bonds. The molecule has 28 heavy (non-hydrogen) atoms. The maximum atomic E-state index is 12.6. The summed E-state index contributed by atoms with van der Waals surface area (Å²) < 4.78 is 7.14. The molecular formula is C18H17N5O5. The standard InChI is InChI=1S/C18H17N5O5/c1-22-15-14(17(26)23(2)18(22)27)11(8-13(24)20-15)16(25)21-19-9-10-6-4-5-7-12(10)28-3/h4-9H,1-3H3,(H,20,24)(H,21,25)/b19-9-. The fourth-order valence-electron chi connectivity index (χ4n) is 2.76. The normalized spacial score (nSPS) is 11.1. The first-order valence-corrected chi connectivity index (χ1v) is 8.14. The van der Waals surface area contributed by atoms with Crippen molar-refractivity contribution in [3.05, 3.63) is 72.7 Å². The number of pyridine rings is 1. The summed E-state index contributed by atoms with van der Waals surface area (Å²) in [7, 11) is 4.19. The molecule has 2 heterocycles. The van der Waals surface area contributed by atoms with Crippen LogP contribution in [-0.2, 0) is 14.1 Å². The van der Waals surface area contributed by atoms with Crippen LogP contribution in [0.25, 0.3) is 11.0 Å². The second-order valence-corrected chi connectivity index (χ2v) is 5.92. The minimum absolute atomic E-state index is 0.0422. The van der Waals surface area contributed by atoms with Gasteiger partial charge in [-0.15, -0.1) is 0 Å². The minimum Gasteiger partial charge on any atom is -0.496 e. The summed E-state index contributed by atoms with van der Waals surface area (Å²) in [6.45, 7) is 0. The number of aromatic nitrogens is 3. The van der Waals surface area contributed by atoms with E-state index in [-0.39, 0.29) is 16.6 Å². The molecule has 1 aromatic carbocycles. The number of amides is 1. The zero-order valence-corrected chi connectivity index (χ0v) is 15.3. The summed E-state index contributed by atoms with van der Waals surface area (Å²) in [6.07, 6.45) is 1.37. The Hall–Kier alpha value is -3.95. The van der Waals surface area contributed by atoms with Crippen molar-refractivity contribution < 1.29 is 9.53 Å². The van der Waals surface area contributed by atoms with Crippen LogP contribution in [0.2, 0.25) is 0 Å². The lowest BCUT2D eigenvalue weighted by atomic mass is 10.1. The molecule has 0 unspecified atom stereocenters. The van der Waals surface area contributed by atoms with E-state index in [2.05, 4.69) is 15.5 Å². The van der Waals surface area contributed by atoms with Crippen molar-refractivity contribution in [1.29, 1.82) is 0 Å². The number of aryl methyl sites for hydroxylation is 1. The Balaban J connectivity index is 2.05. The van der Waals surface area contributed by atoms with E-state index in [1.54, 1.807) is 24.3 Å². The lowest BCUT2D eigenvalue weighted by Gasteiger charge is -2.09. The fraction of sp³-hybridized carbons (Fsp3) is 0.167. The maximum Gasteiger partial charge on any atom is 0.332 e. The SMILES string of the molecule is COc1ccccc1/C=N\NC(=O)c1cc(=O)[nH]c2c1c(=O)n(C)c(=O)n2C. The van der Waals surface area contributed by atoms with Gasteiger partial charge in [0, 0.05) is 25.7 Å². The number of nitrogens with zero attached hydrogens (tertiary/aromatic N) is 3. The van der Waals surface area contributed by atoms with E-state index in [0.717, 1.165) is 15.2 Å². The third-order valence-electron chi connectivity index (χ3n) is 4.20. The van der Waals surface area contributed by atoms with E-state index >= 15 is 0 Å². The van der Waals surface area contributed by atoms with Crippen LogP contribution in [0.4, 0.5) is 0 Å². The van der Waals surface area contributed by atoms with Gasteiger partial charge in [-0.1, -0.05) is 12.1 Å². The largest absolute Gasteiger partial charge is 0.496 e. The van der Waals surface area contributed by atoms with Gasteiger partial charge in [-0.05, 0) is 12.1 Å². The Morgan fingerprint density at radius 2 is 1.89 bits per heavy atom. The molecule has 0 saturated heterocycles.